The van der Waals surface area contributed by atoms with Crippen molar-refractivity contribution in [3.05, 3.63) is 70.4 Å². The third kappa shape index (κ3) is 4.61. The van der Waals surface area contributed by atoms with E-state index in [-0.39, 0.29) is 0 Å². The molecule has 0 aliphatic carbocycles. The molecule has 9 nitrogen and oxygen atoms in total. The van der Waals surface area contributed by atoms with Crippen molar-refractivity contribution in [3.8, 4) is 11.1 Å². The van der Waals surface area contributed by atoms with Crippen LogP contribution in [0, 0.1) is 6.92 Å². The predicted molar refractivity (Wildman–Crippen MR) is 153 cm³/mol. The largest absolute Gasteiger partial charge is 0.367 e. The number of aromatic amines is 1. The van der Waals surface area contributed by atoms with E-state index in [4.69, 9.17) is 11.5 Å². The summed E-state index contributed by atoms with van der Waals surface area (Å²) in [5.41, 5.74) is 17.9. The zero-order valence-electron chi connectivity index (χ0n) is 21.3. The van der Waals surface area contributed by atoms with Gasteiger partial charge in [-0.05, 0) is 60.7 Å². The van der Waals surface area contributed by atoms with E-state index >= 15 is 0 Å². The highest BCUT2D eigenvalue weighted by Gasteiger charge is 2.31. The van der Waals surface area contributed by atoms with E-state index in [1.165, 1.54) is 22.3 Å². The van der Waals surface area contributed by atoms with Gasteiger partial charge >= 0.3 is 0 Å². The highest BCUT2D eigenvalue weighted by molar-refractivity contribution is 8.04. The molecule has 1 atom stereocenters. The molecule has 0 bridgehead atoms. The number of hydrogen-bond acceptors (Lipinski definition) is 6. The molecule has 0 fully saturated rings. The maximum atomic E-state index is 12.3. The Morgan fingerprint density at radius 3 is 2.50 bits per heavy atom. The van der Waals surface area contributed by atoms with Gasteiger partial charge in [-0.1, -0.05) is 36.0 Å². The molecule has 2 aliphatic heterocycles. The number of sulfonamides is 1. The molecule has 0 saturated carbocycles. The fourth-order valence-electron chi connectivity index (χ4n) is 5.14. The minimum absolute atomic E-state index is 0.294. The number of benzene rings is 2. The lowest BCUT2D eigenvalue weighted by Gasteiger charge is -2.25. The summed E-state index contributed by atoms with van der Waals surface area (Å²) in [5, 5.41) is 0.307. The van der Waals surface area contributed by atoms with Gasteiger partial charge in [0, 0.05) is 41.0 Å². The number of aromatic nitrogens is 1. The van der Waals surface area contributed by atoms with Crippen LogP contribution < -0.4 is 16.4 Å². The quantitative estimate of drug-likeness (QED) is 0.428. The van der Waals surface area contributed by atoms with Crippen LogP contribution in [-0.2, 0) is 14.8 Å². The lowest BCUT2D eigenvalue weighted by atomic mass is 9.94. The Morgan fingerprint density at radius 1 is 1.11 bits per heavy atom. The summed E-state index contributed by atoms with van der Waals surface area (Å²) in [5.74, 6) is -0.952. The summed E-state index contributed by atoms with van der Waals surface area (Å²) < 4.78 is 25.3. The average molecular weight is 552 g/mol. The number of nitrogens with one attached hydrogen (secondary N) is 1. The number of nitrogens with two attached hydrogens (primary N) is 2. The minimum atomic E-state index is -3.27. The highest BCUT2D eigenvalue weighted by atomic mass is 32.2. The number of carbonyl (C=O) groups excluding carboxylic acids is 2. The lowest BCUT2D eigenvalue weighted by molar-refractivity contribution is -0.117. The summed E-state index contributed by atoms with van der Waals surface area (Å²) >= 11 is 1.42. The number of allylic oxidation sites excluding steroid dienone is 1. The van der Waals surface area contributed by atoms with Crippen molar-refractivity contribution in [2.24, 2.45) is 11.5 Å². The molecule has 3 aromatic rings. The summed E-state index contributed by atoms with van der Waals surface area (Å²) in [7, 11) is -3.27. The van der Waals surface area contributed by atoms with Gasteiger partial charge in [-0.2, -0.15) is 4.31 Å². The second-order valence-electron chi connectivity index (χ2n) is 9.57. The number of anilines is 1. The molecule has 0 radical (unpaired) electrons. The summed E-state index contributed by atoms with van der Waals surface area (Å²) in [6, 6.07) is 11.5. The first kappa shape index (κ1) is 26.1. The molecule has 38 heavy (non-hydrogen) atoms. The van der Waals surface area contributed by atoms with Crippen LogP contribution in [0.2, 0.25) is 0 Å². The second kappa shape index (κ2) is 9.64. The molecule has 2 amide bonds. The topological polar surface area (TPSA) is 143 Å². The first-order valence-electron chi connectivity index (χ1n) is 12.1. The van der Waals surface area contributed by atoms with Crippen molar-refractivity contribution >= 4 is 55.8 Å². The Labute approximate surface area is 225 Å². The molecule has 2 aromatic carbocycles. The lowest BCUT2D eigenvalue weighted by Crippen LogP contribution is -2.37. The fraction of sp³-hybridized carbons (Fsp3) is 0.259. The van der Waals surface area contributed by atoms with E-state index in [0.717, 1.165) is 43.9 Å². The van der Waals surface area contributed by atoms with Gasteiger partial charge in [0.05, 0.1) is 17.3 Å². The zero-order chi connectivity index (χ0) is 27.4. The van der Waals surface area contributed by atoms with Crippen LogP contribution in [0.5, 0.6) is 0 Å². The van der Waals surface area contributed by atoms with E-state index in [0.29, 0.717) is 30.6 Å². The van der Waals surface area contributed by atoms with Crippen LogP contribution >= 0.6 is 11.8 Å². The van der Waals surface area contributed by atoms with Crippen molar-refractivity contribution in [1.82, 2.24) is 9.29 Å². The Bertz CT molecular complexity index is 1660. The van der Waals surface area contributed by atoms with E-state index in [1.807, 2.05) is 61.4 Å². The van der Waals surface area contributed by atoms with Crippen molar-refractivity contribution < 1.29 is 18.0 Å². The second-order valence-corrected chi connectivity index (χ2v) is 12.9. The number of hydrogen-bond donors (Lipinski definition) is 3. The molecule has 1 unspecified atom stereocenters. The molecule has 0 spiro atoms. The monoisotopic (exact) mass is 551 g/mol. The maximum Gasteiger partial charge on any atom is 0.251 e. The molecule has 0 saturated heterocycles. The predicted octanol–water partition coefficient (Wildman–Crippen LogP) is 3.52. The van der Waals surface area contributed by atoms with Crippen molar-refractivity contribution in [2.75, 3.05) is 24.2 Å². The standard InChI is InChI=1S/C27H29N5O4S2/c1-15-14-32(27(37-15)26(29)34)23-6-4-5-18(16(23)2)19-7-8-20(25(28)33)24-21(19)13-22(30-24)17-9-11-31(12-10-17)38(3,35)36/h4-9,13-14,27,30H,10-12H2,1-3H3,(H2,28,33)(H2,29,34). The minimum Gasteiger partial charge on any atom is -0.367 e. The molecule has 198 valence electrons. The average Bonchev–Trinajstić information content (AvgIpc) is 3.47. The van der Waals surface area contributed by atoms with Crippen LogP contribution in [0.15, 0.2) is 53.6 Å². The molecular weight excluding hydrogens is 522 g/mol. The number of amides is 2. The molecular formula is C27H29N5O4S2. The van der Waals surface area contributed by atoms with Gasteiger partial charge in [0.2, 0.25) is 10.0 Å². The van der Waals surface area contributed by atoms with Crippen LogP contribution in [0.1, 0.15) is 35.0 Å². The van der Waals surface area contributed by atoms with Crippen LogP contribution in [-0.4, -0.2) is 54.2 Å². The van der Waals surface area contributed by atoms with E-state index in [9.17, 15) is 18.0 Å². The Kier molecular flexibility index (Phi) is 6.62. The van der Waals surface area contributed by atoms with Crippen molar-refractivity contribution in [2.45, 2.75) is 25.6 Å². The Hall–Kier alpha value is -3.54. The maximum absolute atomic E-state index is 12.3. The normalized spacial score (nSPS) is 18.5. The number of carbonyl (C=O) groups is 2. The SMILES string of the molecule is CC1=CN(c2cccc(-c3ccc(C(N)=O)c4[nH]c(C5=CCN(S(C)(=O)=O)CC5)cc34)c2C)C(C(N)=O)S1. The highest BCUT2D eigenvalue weighted by Crippen LogP contribution is 2.42. The first-order valence-corrected chi connectivity index (χ1v) is 14.8. The molecule has 3 heterocycles. The van der Waals surface area contributed by atoms with Gasteiger partial charge in [-0.25, -0.2) is 8.42 Å². The van der Waals surface area contributed by atoms with E-state index in [1.54, 1.807) is 6.07 Å². The zero-order valence-corrected chi connectivity index (χ0v) is 22.9. The Balaban J connectivity index is 1.63. The van der Waals surface area contributed by atoms with Gasteiger partial charge in [0.1, 0.15) is 0 Å². The molecule has 5 rings (SSSR count). The van der Waals surface area contributed by atoms with Crippen LogP contribution in [0.4, 0.5) is 5.69 Å². The van der Waals surface area contributed by atoms with Gasteiger partial charge < -0.3 is 21.4 Å². The van der Waals surface area contributed by atoms with Crippen LogP contribution in [0.3, 0.4) is 0 Å². The number of H-pyrrole nitrogens is 1. The van der Waals surface area contributed by atoms with Gasteiger partial charge in [0.25, 0.3) is 11.8 Å². The molecule has 2 aliphatic rings. The number of nitrogens with zero attached hydrogens (tertiary/aromatic N) is 2. The molecule has 1 aromatic heterocycles. The number of rotatable bonds is 6. The van der Waals surface area contributed by atoms with Crippen LogP contribution in [0.25, 0.3) is 27.6 Å². The molecule has 5 N–H and O–H groups in total. The third-order valence-corrected chi connectivity index (χ3v) is 9.46. The molecule has 11 heteroatoms. The van der Waals surface area contributed by atoms with Crippen molar-refractivity contribution in [3.63, 3.8) is 0 Å². The van der Waals surface area contributed by atoms with Gasteiger partial charge in [-0.3, -0.25) is 9.59 Å². The summed E-state index contributed by atoms with van der Waals surface area (Å²) in [6.07, 6.45) is 5.58. The number of fused-ring (bicyclic) bond motifs is 1. The first-order chi connectivity index (χ1) is 18.0. The van der Waals surface area contributed by atoms with Crippen molar-refractivity contribution in [1.29, 1.82) is 0 Å². The number of thioether (sulfide) groups is 1. The smallest absolute Gasteiger partial charge is 0.251 e. The third-order valence-electron chi connectivity index (χ3n) is 7.03. The number of primary amides is 2. The van der Waals surface area contributed by atoms with Gasteiger partial charge in [-0.15, -0.1) is 0 Å². The van der Waals surface area contributed by atoms with E-state index in [2.05, 4.69) is 4.98 Å². The summed E-state index contributed by atoms with van der Waals surface area (Å²) in [4.78, 5) is 30.7. The summed E-state index contributed by atoms with van der Waals surface area (Å²) in [6.45, 7) is 4.63. The van der Waals surface area contributed by atoms with E-state index < -0.39 is 27.2 Å². The van der Waals surface area contributed by atoms with Gasteiger partial charge in [0.15, 0.2) is 5.37 Å². The fourth-order valence-corrected chi connectivity index (χ4v) is 6.84. The Morgan fingerprint density at radius 2 is 1.87 bits per heavy atom.